The quantitative estimate of drug-likeness (QED) is 0.853. The third-order valence-electron chi connectivity index (χ3n) is 3.54. The molecule has 19 heavy (non-hydrogen) atoms. The van der Waals surface area contributed by atoms with Crippen molar-refractivity contribution < 1.29 is 9.90 Å². The number of likely N-dealkylation sites (tertiary alicyclic amines) is 1. The standard InChI is InChI=1S/C14H21N3O2/c18-11-12-5-9-17(10-6-12)14(19)16-8-4-13-3-1-2-7-15-13/h1-3,7,12,18H,4-6,8-11H2,(H,16,19). The number of aliphatic hydroxyl groups is 1. The number of aliphatic hydroxyl groups excluding tert-OH is 1. The third-order valence-corrected chi connectivity index (χ3v) is 3.54. The minimum Gasteiger partial charge on any atom is -0.396 e. The van der Waals surface area contributed by atoms with Crippen LogP contribution in [0.4, 0.5) is 4.79 Å². The molecular weight excluding hydrogens is 242 g/mol. The number of rotatable bonds is 4. The van der Waals surface area contributed by atoms with Gasteiger partial charge in [-0.25, -0.2) is 4.79 Å². The van der Waals surface area contributed by atoms with Gasteiger partial charge in [-0.1, -0.05) is 6.07 Å². The van der Waals surface area contributed by atoms with Crippen LogP contribution < -0.4 is 5.32 Å². The van der Waals surface area contributed by atoms with Gasteiger partial charge in [0.1, 0.15) is 0 Å². The van der Waals surface area contributed by atoms with Gasteiger partial charge in [0.2, 0.25) is 0 Å². The lowest BCUT2D eigenvalue weighted by atomic mass is 9.98. The molecule has 104 valence electrons. The van der Waals surface area contributed by atoms with Crippen LogP contribution in [0.2, 0.25) is 0 Å². The van der Waals surface area contributed by atoms with Gasteiger partial charge in [-0.2, -0.15) is 0 Å². The van der Waals surface area contributed by atoms with E-state index in [2.05, 4.69) is 10.3 Å². The van der Waals surface area contributed by atoms with Crippen LogP contribution in [0.25, 0.3) is 0 Å². The number of carbonyl (C=O) groups is 1. The van der Waals surface area contributed by atoms with E-state index in [1.54, 1.807) is 6.20 Å². The van der Waals surface area contributed by atoms with E-state index >= 15 is 0 Å². The van der Waals surface area contributed by atoms with Crippen LogP contribution in [-0.4, -0.2) is 47.3 Å². The van der Waals surface area contributed by atoms with Crippen LogP contribution in [0.3, 0.4) is 0 Å². The molecule has 0 unspecified atom stereocenters. The molecule has 0 bridgehead atoms. The summed E-state index contributed by atoms with van der Waals surface area (Å²) in [7, 11) is 0. The van der Waals surface area contributed by atoms with Crippen molar-refractivity contribution in [3.63, 3.8) is 0 Å². The monoisotopic (exact) mass is 263 g/mol. The van der Waals surface area contributed by atoms with Crippen LogP contribution in [0, 0.1) is 5.92 Å². The Morgan fingerprint density at radius 2 is 2.21 bits per heavy atom. The van der Waals surface area contributed by atoms with Crippen molar-refractivity contribution in [1.29, 1.82) is 0 Å². The molecule has 1 aromatic rings. The number of hydrogen-bond donors (Lipinski definition) is 2. The van der Waals surface area contributed by atoms with Gasteiger partial charge in [0.25, 0.3) is 0 Å². The van der Waals surface area contributed by atoms with Gasteiger partial charge in [-0.15, -0.1) is 0 Å². The number of aromatic nitrogens is 1. The van der Waals surface area contributed by atoms with E-state index in [1.165, 1.54) is 0 Å². The molecule has 1 fully saturated rings. The van der Waals surface area contributed by atoms with E-state index in [0.717, 1.165) is 38.0 Å². The number of pyridine rings is 1. The fourth-order valence-corrected chi connectivity index (χ4v) is 2.27. The van der Waals surface area contributed by atoms with Gasteiger partial charge in [-0.3, -0.25) is 4.98 Å². The Morgan fingerprint density at radius 3 is 2.84 bits per heavy atom. The molecule has 5 nitrogen and oxygen atoms in total. The summed E-state index contributed by atoms with van der Waals surface area (Å²) in [6.45, 7) is 2.31. The van der Waals surface area contributed by atoms with E-state index in [4.69, 9.17) is 5.11 Å². The number of amides is 2. The van der Waals surface area contributed by atoms with E-state index in [-0.39, 0.29) is 12.6 Å². The summed E-state index contributed by atoms with van der Waals surface area (Å²) >= 11 is 0. The molecule has 2 N–H and O–H groups in total. The second-order valence-corrected chi connectivity index (χ2v) is 4.92. The normalized spacial score (nSPS) is 16.4. The molecule has 2 heterocycles. The first kappa shape index (κ1) is 13.8. The highest BCUT2D eigenvalue weighted by Crippen LogP contribution is 2.16. The zero-order valence-electron chi connectivity index (χ0n) is 11.1. The Hall–Kier alpha value is -1.62. The maximum atomic E-state index is 11.9. The number of urea groups is 1. The lowest BCUT2D eigenvalue weighted by Crippen LogP contribution is -2.45. The van der Waals surface area contributed by atoms with E-state index in [1.807, 2.05) is 23.1 Å². The van der Waals surface area contributed by atoms with E-state index < -0.39 is 0 Å². The summed E-state index contributed by atoms with van der Waals surface area (Å²) in [5.41, 5.74) is 0.988. The molecule has 1 aliphatic rings. The SMILES string of the molecule is O=C(NCCc1ccccn1)N1CCC(CO)CC1. The van der Waals surface area contributed by atoms with Crippen molar-refractivity contribution in [3.8, 4) is 0 Å². The highest BCUT2D eigenvalue weighted by molar-refractivity contribution is 5.74. The first-order valence-corrected chi connectivity index (χ1v) is 6.83. The van der Waals surface area contributed by atoms with Crippen LogP contribution in [-0.2, 0) is 6.42 Å². The van der Waals surface area contributed by atoms with Gasteiger partial charge in [0, 0.05) is 44.6 Å². The maximum Gasteiger partial charge on any atom is 0.317 e. The fourth-order valence-electron chi connectivity index (χ4n) is 2.27. The number of carbonyl (C=O) groups excluding carboxylic acids is 1. The summed E-state index contributed by atoms with van der Waals surface area (Å²) in [6, 6.07) is 5.78. The second kappa shape index (κ2) is 7.09. The smallest absolute Gasteiger partial charge is 0.317 e. The Bertz CT molecular complexity index is 389. The van der Waals surface area contributed by atoms with Crippen molar-refractivity contribution in [2.45, 2.75) is 19.3 Å². The molecule has 0 aliphatic carbocycles. The molecule has 5 heteroatoms. The van der Waals surface area contributed by atoms with Crippen LogP contribution >= 0.6 is 0 Å². The van der Waals surface area contributed by atoms with Gasteiger partial charge in [0.15, 0.2) is 0 Å². The number of hydrogen-bond acceptors (Lipinski definition) is 3. The highest BCUT2D eigenvalue weighted by Gasteiger charge is 2.21. The Kier molecular flexibility index (Phi) is 5.15. The molecule has 0 saturated carbocycles. The van der Waals surface area contributed by atoms with Gasteiger partial charge < -0.3 is 15.3 Å². The van der Waals surface area contributed by atoms with Gasteiger partial charge in [0.05, 0.1) is 0 Å². The summed E-state index contributed by atoms with van der Waals surface area (Å²) in [5, 5.41) is 12.0. The molecule has 1 aromatic heterocycles. The summed E-state index contributed by atoms with van der Waals surface area (Å²) in [6.07, 6.45) is 4.30. The zero-order valence-corrected chi connectivity index (χ0v) is 11.1. The first-order chi connectivity index (χ1) is 9.29. The number of piperidine rings is 1. The predicted molar refractivity (Wildman–Crippen MR) is 72.7 cm³/mol. The average Bonchev–Trinajstić information content (AvgIpc) is 2.48. The van der Waals surface area contributed by atoms with Crippen molar-refractivity contribution in [2.75, 3.05) is 26.2 Å². The molecule has 1 aliphatic heterocycles. The van der Waals surface area contributed by atoms with Crippen molar-refractivity contribution >= 4 is 6.03 Å². The molecule has 1 saturated heterocycles. The van der Waals surface area contributed by atoms with Gasteiger partial charge >= 0.3 is 6.03 Å². The summed E-state index contributed by atoms with van der Waals surface area (Å²) < 4.78 is 0. The Morgan fingerprint density at radius 1 is 1.42 bits per heavy atom. The van der Waals surface area contributed by atoms with E-state index in [9.17, 15) is 4.79 Å². The first-order valence-electron chi connectivity index (χ1n) is 6.83. The molecule has 0 aromatic carbocycles. The molecule has 0 spiro atoms. The fraction of sp³-hybridized carbons (Fsp3) is 0.571. The molecule has 0 atom stereocenters. The molecular formula is C14H21N3O2. The molecule has 2 amide bonds. The van der Waals surface area contributed by atoms with Crippen molar-refractivity contribution in [3.05, 3.63) is 30.1 Å². The average molecular weight is 263 g/mol. The largest absolute Gasteiger partial charge is 0.396 e. The van der Waals surface area contributed by atoms with Crippen molar-refractivity contribution in [1.82, 2.24) is 15.2 Å². The summed E-state index contributed by atoms with van der Waals surface area (Å²) in [5.74, 6) is 0.359. The summed E-state index contributed by atoms with van der Waals surface area (Å²) in [4.78, 5) is 18.0. The van der Waals surface area contributed by atoms with Crippen molar-refractivity contribution in [2.24, 2.45) is 5.92 Å². The molecule has 0 radical (unpaired) electrons. The van der Waals surface area contributed by atoms with E-state index in [0.29, 0.717) is 12.5 Å². The van der Waals surface area contributed by atoms with Gasteiger partial charge in [-0.05, 0) is 30.9 Å². The lowest BCUT2D eigenvalue weighted by molar-refractivity contribution is 0.137. The Balaban J connectivity index is 1.67. The third kappa shape index (κ3) is 4.21. The minimum atomic E-state index is -0.00711. The predicted octanol–water partition coefficient (Wildman–Crippen LogP) is 1.04. The Labute approximate surface area is 113 Å². The molecule has 2 rings (SSSR count). The number of nitrogens with zero attached hydrogens (tertiary/aromatic N) is 2. The minimum absolute atomic E-state index is 0.00711. The topological polar surface area (TPSA) is 65.5 Å². The second-order valence-electron chi connectivity index (χ2n) is 4.92. The van der Waals surface area contributed by atoms with Crippen LogP contribution in [0.15, 0.2) is 24.4 Å². The zero-order chi connectivity index (χ0) is 13.5. The maximum absolute atomic E-state index is 11.9. The number of nitrogens with one attached hydrogen (secondary N) is 1. The lowest BCUT2D eigenvalue weighted by Gasteiger charge is -2.31. The van der Waals surface area contributed by atoms with Crippen LogP contribution in [0.5, 0.6) is 0 Å². The van der Waals surface area contributed by atoms with Crippen LogP contribution in [0.1, 0.15) is 18.5 Å². The highest BCUT2D eigenvalue weighted by atomic mass is 16.3.